The molecule has 1 saturated heterocycles. The van der Waals surface area contributed by atoms with Gasteiger partial charge in [0.05, 0.1) is 28.5 Å². The Kier molecular flexibility index (Phi) is 4.88. The number of carbonyl (C=O) groups excluding carboxylic acids is 2. The molecule has 3 amide bonds. The van der Waals surface area contributed by atoms with Crippen molar-refractivity contribution in [1.29, 1.82) is 5.26 Å². The van der Waals surface area contributed by atoms with Gasteiger partial charge in [0.1, 0.15) is 17.3 Å². The lowest BCUT2D eigenvalue weighted by molar-refractivity contribution is -0.115. The van der Waals surface area contributed by atoms with Gasteiger partial charge in [0, 0.05) is 18.2 Å². The smallest absolute Gasteiger partial charge is 0.326 e. The predicted octanol–water partition coefficient (Wildman–Crippen LogP) is 3.00. The second kappa shape index (κ2) is 7.86. The van der Waals surface area contributed by atoms with Crippen molar-refractivity contribution in [3.05, 3.63) is 52.3 Å². The van der Waals surface area contributed by atoms with Gasteiger partial charge in [-0.2, -0.15) is 14.9 Å². The summed E-state index contributed by atoms with van der Waals surface area (Å²) in [6.07, 6.45) is 5.49. The van der Waals surface area contributed by atoms with E-state index in [2.05, 4.69) is 37.4 Å². The first kappa shape index (κ1) is 19.8. The molecular weight excluding hydrogens is 432 g/mol. The van der Waals surface area contributed by atoms with E-state index in [0.29, 0.717) is 39.2 Å². The Morgan fingerprint density at radius 2 is 2.12 bits per heavy atom. The number of anilines is 3. The molecular formula is C21H17ClN8O2. The number of halogens is 1. The maximum atomic E-state index is 11.9. The standard InChI is InChI=1S/C21H17ClN8O2/c22-14-5-12(8-23)3-4-15(14)26-17-7-18(24-9-11-1-2-11)30-19(28-17)13(10-25-30)6-16-20(31)29-21(32)27-16/h3-7,10-11,24H,1-2,9H2,(H,26,28)(H2,27,29,31,32)/b16-6-. The van der Waals surface area contributed by atoms with E-state index in [1.807, 2.05) is 6.07 Å². The molecule has 160 valence electrons. The molecule has 3 aromatic rings. The molecule has 0 radical (unpaired) electrons. The Balaban J connectivity index is 1.55. The van der Waals surface area contributed by atoms with E-state index < -0.39 is 11.9 Å². The first-order valence-electron chi connectivity index (χ1n) is 9.93. The van der Waals surface area contributed by atoms with E-state index >= 15 is 0 Å². The summed E-state index contributed by atoms with van der Waals surface area (Å²) < 4.78 is 1.65. The Morgan fingerprint density at radius 3 is 2.81 bits per heavy atom. The van der Waals surface area contributed by atoms with Crippen LogP contribution < -0.4 is 21.3 Å². The summed E-state index contributed by atoms with van der Waals surface area (Å²) in [5.74, 6) is 1.35. The van der Waals surface area contributed by atoms with E-state index in [4.69, 9.17) is 16.9 Å². The van der Waals surface area contributed by atoms with E-state index in [0.717, 1.165) is 12.4 Å². The zero-order valence-electron chi connectivity index (χ0n) is 16.6. The van der Waals surface area contributed by atoms with Crippen LogP contribution in [0, 0.1) is 17.2 Å². The van der Waals surface area contributed by atoms with Gasteiger partial charge in [0.2, 0.25) is 0 Å². The number of benzene rings is 1. The molecule has 0 unspecified atom stereocenters. The molecule has 0 spiro atoms. The number of rotatable bonds is 6. The summed E-state index contributed by atoms with van der Waals surface area (Å²) in [7, 11) is 0. The van der Waals surface area contributed by atoms with Crippen LogP contribution in [0.2, 0.25) is 5.02 Å². The molecule has 1 saturated carbocycles. The number of hydrogen-bond donors (Lipinski definition) is 4. The minimum atomic E-state index is -0.574. The third-order valence-corrected chi connectivity index (χ3v) is 5.46. The summed E-state index contributed by atoms with van der Waals surface area (Å²) in [5.41, 5.74) is 2.21. The molecule has 1 aliphatic heterocycles. The quantitative estimate of drug-likeness (QED) is 0.336. The van der Waals surface area contributed by atoms with Crippen molar-refractivity contribution >= 4 is 52.6 Å². The lowest BCUT2D eigenvalue weighted by atomic mass is 10.2. The fourth-order valence-corrected chi connectivity index (χ4v) is 3.53. The topological polar surface area (TPSA) is 136 Å². The molecule has 0 bridgehead atoms. The van der Waals surface area contributed by atoms with Crippen LogP contribution in [0.3, 0.4) is 0 Å². The first-order valence-corrected chi connectivity index (χ1v) is 10.3. The second-order valence-electron chi connectivity index (χ2n) is 7.58. The lowest BCUT2D eigenvalue weighted by Crippen LogP contribution is -2.22. The second-order valence-corrected chi connectivity index (χ2v) is 7.99. The normalized spacial score (nSPS) is 16.7. The number of fused-ring (bicyclic) bond motifs is 1. The Bertz CT molecular complexity index is 1340. The van der Waals surface area contributed by atoms with E-state index in [-0.39, 0.29) is 5.70 Å². The van der Waals surface area contributed by atoms with Gasteiger partial charge in [0.25, 0.3) is 5.91 Å². The van der Waals surface area contributed by atoms with Gasteiger partial charge in [-0.3, -0.25) is 10.1 Å². The van der Waals surface area contributed by atoms with Crippen molar-refractivity contribution in [1.82, 2.24) is 25.2 Å². The molecule has 2 aliphatic rings. The third-order valence-electron chi connectivity index (χ3n) is 5.15. The Hall–Kier alpha value is -4.10. The molecule has 10 nitrogen and oxygen atoms in total. The van der Waals surface area contributed by atoms with Crippen LogP contribution in [0.25, 0.3) is 11.7 Å². The molecule has 2 fully saturated rings. The maximum absolute atomic E-state index is 11.9. The van der Waals surface area contributed by atoms with E-state index in [1.165, 1.54) is 18.9 Å². The van der Waals surface area contributed by atoms with Crippen LogP contribution in [0.4, 0.5) is 22.1 Å². The van der Waals surface area contributed by atoms with Crippen molar-refractivity contribution in [2.24, 2.45) is 5.92 Å². The number of nitriles is 1. The molecule has 5 rings (SSSR count). The van der Waals surface area contributed by atoms with Gasteiger partial charge in [-0.15, -0.1) is 0 Å². The van der Waals surface area contributed by atoms with Crippen LogP contribution in [-0.4, -0.2) is 33.1 Å². The number of hydrogen-bond acceptors (Lipinski definition) is 7. The fraction of sp³-hybridized carbons (Fsp3) is 0.190. The summed E-state index contributed by atoms with van der Waals surface area (Å²) in [6.45, 7) is 0.810. The number of amides is 3. The highest BCUT2D eigenvalue weighted by Gasteiger charge is 2.24. The van der Waals surface area contributed by atoms with E-state index in [9.17, 15) is 9.59 Å². The number of carbonyl (C=O) groups is 2. The largest absolute Gasteiger partial charge is 0.370 e. The maximum Gasteiger partial charge on any atom is 0.326 e. The summed E-state index contributed by atoms with van der Waals surface area (Å²) in [6, 6.07) is 8.24. The Labute approximate surface area is 187 Å². The lowest BCUT2D eigenvalue weighted by Gasteiger charge is -2.13. The minimum absolute atomic E-state index is 0.118. The molecule has 1 aliphatic carbocycles. The van der Waals surface area contributed by atoms with Crippen molar-refractivity contribution in [3.8, 4) is 6.07 Å². The fourth-order valence-electron chi connectivity index (χ4n) is 3.30. The molecule has 2 aromatic heterocycles. The van der Waals surface area contributed by atoms with Crippen molar-refractivity contribution in [2.75, 3.05) is 17.2 Å². The number of imide groups is 1. The number of nitrogens with zero attached hydrogens (tertiary/aromatic N) is 4. The highest BCUT2D eigenvalue weighted by molar-refractivity contribution is 6.33. The molecule has 32 heavy (non-hydrogen) atoms. The molecule has 4 N–H and O–H groups in total. The average molecular weight is 449 g/mol. The predicted molar refractivity (Wildman–Crippen MR) is 118 cm³/mol. The number of nitrogens with one attached hydrogen (secondary N) is 4. The van der Waals surface area contributed by atoms with Crippen LogP contribution in [-0.2, 0) is 4.79 Å². The highest BCUT2D eigenvalue weighted by Crippen LogP contribution is 2.31. The summed E-state index contributed by atoms with van der Waals surface area (Å²) in [5, 5.41) is 25.1. The highest BCUT2D eigenvalue weighted by atomic mass is 35.5. The average Bonchev–Trinajstić information content (AvgIpc) is 3.44. The summed E-state index contributed by atoms with van der Waals surface area (Å²) in [4.78, 5) is 28.0. The van der Waals surface area contributed by atoms with Gasteiger partial charge in [-0.05, 0) is 43.0 Å². The first-order chi connectivity index (χ1) is 15.5. The van der Waals surface area contributed by atoms with Crippen LogP contribution in [0.5, 0.6) is 0 Å². The molecule has 0 atom stereocenters. The summed E-state index contributed by atoms with van der Waals surface area (Å²) >= 11 is 6.31. The van der Waals surface area contributed by atoms with E-state index in [1.54, 1.807) is 28.9 Å². The van der Waals surface area contributed by atoms with Gasteiger partial charge in [-0.25, -0.2) is 9.78 Å². The third kappa shape index (κ3) is 3.93. The molecule has 11 heteroatoms. The van der Waals surface area contributed by atoms with Crippen molar-refractivity contribution in [3.63, 3.8) is 0 Å². The minimum Gasteiger partial charge on any atom is -0.370 e. The van der Waals surface area contributed by atoms with Crippen LogP contribution in [0.1, 0.15) is 24.0 Å². The van der Waals surface area contributed by atoms with Gasteiger partial charge in [-0.1, -0.05) is 11.6 Å². The number of aromatic nitrogens is 3. The van der Waals surface area contributed by atoms with Gasteiger partial charge < -0.3 is 16.0 Å². The molecule has 3 heterocycles. The van der Waals surface area contributed by atoms with Crippen LogP contribution in [0.15, 0.2) is 36.2 Å². The SMILES string of the molecule is N#Cc1ccc(Nc2cc(NCC3CC3)n3ncc(/C=C4\NC(=O)NC4=O)c3n2)c(Cl)c1. The monoisotopic (exact) mass is 448 g/mol. The van der Waals surface area contributed by atoms with Crippen molar-refractivity contribution < 1.29 is 9.59 Å². The number of urea groups is 1. The van der Waals surface area contributed by atoms with Gasteiger partial charge >= 0.3 is 6.03 Å². The zero-order chi connectivity index (χ0) is 22.2. The molecule has 1 aromatic carbocycles. The van der Waals surface area contributed by atoms with Gasteiger partial charge in [0.15, 0.2) is 5.65 Å². The Morgan fingerprint density at radius 1 is 1.28 bits per heavy atom. The van der Waals surface area contributed by atoms with Crippen molar-refractivity contribution in [2.45, 2.75) is 12.8 Å². The zero-order valence-corrected chi connectivity index (χ0v) is 17.4. The van der Waals surface area contributed by atoms with Crippen LogP contribution >= 0.6 is 11.6 Å².